The van der Waals surface area contributed by atoms with Crippen LogP contribution in [0, 0.1) is 0 Å². The summed E-state index contributed by atoms with van der Waals surface area (Å²) in [7, 11) is 0. The molecule has 0 saturated heterocycles. The molecule has 0 bridgehead atoms. The molecule has 0 heterocycles. The first kappa shape index (κ1) is 60.2. The number of hydrogen-bond donors (Lipinski definition) is 0. The number of carbonyl (C=O) groups excluding carboxylic acids is 3. The number of allylic oxidation sites excluding steroid dienone is 32. The quantitative estimate of drug-likeness (QED) is 0.0200. The third kappa shape index (κ3) is 49.3. The van der Waals surface area contributed by atoms with Gasteiger partial charge in [0, 0.05) is 19.3 Å². The van der Waals surface area contributed by atoms with E-state index in [-0.39, 0.29) is 44.4 Å². The third-order valence-corrected chi connectivity index (χ3v) is 9.13. The smallest absolute Gasteiger partial charge is 0.306 e. The van der Waals surface area contributed by atoms with Gasteiger partial charge in [-0.1, -0.05) is 228 Å². The summed E-state index contributed by atoms with van der Waals surface area (Å²) in [6.07, 6.45) is 79.9. The van der Waals surface area contributed by atoms with Gasteiger partial charge in [0.2, 0.25) is 0 Å². The van der Waals surface area contributed by atoms with Gasteiger partial charge in [0.25, 0.3) is 0 Å². The second-order valence-corrected chi connectivity index (χ2v) is 15.1. The molecule has 0 fully saturated rings. The first-order valence-electron chi connectivity index (χ1n) is 24.6. The van der Waals surface area contributed by atoms with Crippen molar-refractivity contribution in [1.82, 2.24) is 0 Å². The molecule has 0 aromatic rings. The highest BCUT2D eigenvalue weighted by atomic mass is 16.6. The summed E-state index contributed by atoms with van der Waals surface area (Å²) in [6.45, 7) is 6.05. The Morgan fingerprint density at radius 3 is 1.03 bits per heavy atom. The Bertz CT molecular complexity index is 1690. The fourth-order valence-electron chi connectivity index (χ4n) is 5.54. The van der Waals surface area contributed by atoms with Crippen molar-refractivity contribution in [2.75, 3.05) is 13.2 Å². The highest BCUT2D eigenvalue weighted by Crippen LogP contribution is 2.09. The molecule has 1 atom stereocenters. The maximum Gasteiger partial charge on any atom is 0.306 e. The van der Waals surface area contributed by atoms with Crippen molar-refractivity contribution in [3.63, 3.8) is 0 Å². The Hall–Kier alpha value is -5.75. The number of esters is 3. The summed E-state index contributed by atoms with van der Waals surface area (Å²) < 4.78 is 16.6. The molecule has 0 aromatic carbocycles. The van der Waals surface area contributed by atoms with Gasteiger partial charge in [0.05, 0.1) is 0 Å². The predicted molar refractivity (Wildman–Crippen MR) is 283 cm³/mol. The Kier molecular flexibility index (Phi) is 47.4. The molecular weight excluding hydrogens is 817 g/mol. The van der Waals surface area contributed by atoms with Gasteiger partial charge in [-0.05, 0) is 89.9 Å². The number of unbranched alkanes of at least 4 members (excludes halogenated alkanes) is 6. The Balaban J connectivity index is 4.71. The molecule has 0 aromatic heterocycles. The van der Waals surface area contributed by atoms with E-state index in [1.807, 2.05) is 122 Å². The van der Waals surface area contributed by atoms with Crippen molar-refractivity contribution < 1.29 is 28.6 Å². The van der Waals surface area contributed by atoms with Crippen LogP contribution in [0.3, 0.4) is 0 Å². The minimum atomic E-state index is -0.865. The molecule has 1 unspecified atom stereocenters. The van der Waals surface area contributed by atoms with E-state index in [1.54, 1.807) is 0 Å². The van der Waals surface area contributed by atoms with Crippen LogP contribution < -0.4 is 0 Å². The topological polar surface area (TPSA) is 78.9 Å². The second-order valence-electron chi connectivity index (χ2n) is 15.1. The van der Waals surface area contributed by atoms with E-state index in [1.165, 1.54) is 0 Å². The van der Waals surface area contributed by atoms with E-state index in [0.29, 0.717) is 19.3 Å². The minimum Gasteiger partial charge on any atom is -0.462 e. The van der Waals surface area contributed by atoms with E-state index in [9.17, 15) is 14.4 Å². The lowest BCUT2D eigenvalue weighted by molar-refractivity contribution is -0.166. The van der Waals surface area contributed by atoms with Crippen LogP contribution in [0.1, 0.15) is 143 Å². The average Bonchev–Trinajstić information content (AvgIpc) is 3.31. The van der Waals surface area contributed by atoms with E-state index in [4.69, 9.17) is 14.2 Å². The molecule has 0 aliphatic heterocycles. The monoisotopic (exact) mass is 901 g/mol. The van der Waals surface area contributed by atoms with Crippen LogP contribution in [0.4, 0.5) is 0 Å². The standard InChI is InChI=1S/C60H84O6/c1-4-7-10-13-16-19-22-25-27-29-30-31-33-35-38-41-44-47-50-53-59(62)65-56-57(55-64-58(61)52-49-46-43-40-37-34-24-21-18-15-12-9-6-3)66-60(63)54-51-48-45-42-39-36-32-28-26-23-20-17-14-11-8-5-2/h7-13,15-22,24-31,33-39,45,48,57H,4-6,14,23,32,40-44,46-47,49-56H2,1-3H3/b10-7-,11-8-,12-9-,16-13-,18-15-,20-17-,22-19-,24-21-,27-25-,28-26-,30-29+,33-31-,37-34-,38-35-,39-36-,48-45-. The van der Waals surface area contributed by atoms with E-state index < -0.39 is 12.1 Å². The van der Waals surface area contributed by atoms with E-state index >= 15 is 0 Å². The molecule has 6 heteroatoms. The van der Waals surface area contributed by atoms with Gasteiger partial charge in [-0.3, -0.25) is 14.4 Å². The maximum absolute atomic E-state index is 12.8. The molecular formula is C60H84O6. The fraction of sp³-hybridized carbons (Fsp3) is 0.417. The lowest BCUT2D eigenvalue weighted by Crippen LogP contribution is -2.30. The van der Waals surface area contributed by atoms with Gasteiger partial charge in [-0.15, -0.1) is 0 Å². The molecule has 6 nitrogen and oxygen atoms in total. The van der Waals surface area contributed by atoms with Crippen LogP contribution in [-0.2, 0) is 28.6 Å². The normalized spacial score (nSPS) is 13.8. The summed E-state index contributed by atoms with van der Waals surface area (Å²) in [5.41, 5.74) is 0. The summed E-state index contributed by atoms with van der Waals surface area (Å²) in [6, 6.07) is 0. The lowest BCUT2D eigenvalue weighted by atomic mass is 10.1. The Morgan fingerprint density at radius 1 is 0.318 bits per heavy atom. The maximum atomic E-state index is 12.8. The van der Waals surface area contributed by atoms with Crippen LogP contribution in [0.15, 0.2) is 194 Å². The fourth-order valence-corrected chi connectivity index (χ4v) is 5.54. The van der Waals surface area contributed by atoms with Crippen molar-refractivity contribution >= 4 is 17.9 Å². The first-order valence-corrected chi connectivity index (χ1v) is 24.6. The average molecular weight is 901 g/mol. The van der Waals surface area contributed by atoms with Gasteiger partial charge < -0.3 is 14.2 Å². The number of carbonyl (C=O) groups is 3. The van der Waals surface area contributed by atoms with Gasteiger partial charge >= 0.3 is 17.9 Å². The van der Waals surface area contributed by atoms with Crippen molar-refractivity contribution in [3.05, 3.63) is 194 Å². The molecule has 66 heavy (non-hydrogen) atoms. The number of ether oxygens (including phenoxy) is 3. The van der Waals surface area contributed by atoms with Crippen molar-refractivity contribution in [2.24, 2.45) is 0 Å². The van der Waals surface area contributed by atoms with E-state index in [0.717, 1.165) is 83.5 Å². The highest BCUT2D eigenvalue weighted by molar-refractivity contribution is 5.71. The van der Waals surface area contributed by atoms with Crippen LogP contribution in [0.2, 0.25) is 0 Å². The van der Waals surface area contributed by atoms with Crippen LogP contribution >= 0.6 is 0 Å². The largest absolute Gasteiger partial charge is 0.462 e. The first-order chi connectivity index (χ1) is 32.5. The van der Waals surface area contributed by atoms with Gasteiger partial charge in [-0.25, -0.2) is 0 Å². The van der Waals surface area contributed by atoms with Gasteiger partial charge in [-0.2, -0.15) is 0 Å². The zero-order valence-electron chi connectivity index (χ0n) is 40.9. The van der Waals surface area contributed by atoms with Crippen LogP contribution in [0.25, 0.3) is 0 Å². The lowest BCUT2D eigenvalue weighted by Gasteiger charge is -2.18. The zero-order valence-corrected chi connectivity index (χ0v) is 40.9. The summed E-state index contributed by atoms with van der Waals surface area (Å²) >= 11 is 0. The molecule has 0 rings (SSSR count). The summed E-state index contributed by atoms with van der Waals surface area (Å²) in [5.74, 6) is -1.14. The highest BCUT2D eigenvalue weighted by Gasteiger charge is 2.19. The van der Waals surface area contributed by atoms with Crippen molar-refractivity contribution in [2.45, 2.75) is 149 Å². The van der Waals surface area contributed by atoms with Crippen LogP contribution in [-0.4, -0.2) is 37.2 Å². The molecule has 0 saturated carbocycles. The zero-order chi connectivity index (χ0) is 47.9. The minimum absolute atomic E-state index is 0.156. The number of hydrogen-bond acceptors (Lipinski definition) is 6. The molecule has 0 radical (unpaired) electrons. The SMILES string of the molecule is CC\C=C/C=C\C=C/C=C\C=C\C=C/C=C\CCCCCC(=O)OCC(COC(=O)CCCCC\C=C/C=C\C=C/C=C\CC)OC(=O)CC/C=C\C/C=C\C/C=C\C/C=C\C/C=C\CC. The van der Waals surface area contributed by atoms with Crippen LogP contribution in [0.5, 0.6) is 0 Å². The molecule has 0 spiro atoms. The second kappa shape index (κ2) is 51.9. The molecule has 0 aliphatic rings. The number of rotatable bonds is 40. The molecule has 0 N–H and O–H groups in total. The van der Waals surface area contributed by atoms with Crippen molar-refractivity contribution in [3.8, 4) is 0 Å². The van der Waals surface area contributed by atoms with Gasteiger partial charge in [0.15, 0.2) is 6.10 Å². The van der Waals surface area contributed by atoms with Gasteiger partial charge in [0.1, 0.15) is 13.2 Å². The molecule has 0 aliphatic carbocycles. The Morgan fingerprint density at radius 2 is 0.652 bits per heavy atom. The molecule has 0 amide bonds. The summed E-state index contributed by atoms with van der Waals surface area (Å²) in [5, 5.41) is 0. The van der Waals surface area contributed by atoms with Crippen molar-refractivity contribution in [1.29, 1.82) is 0 Å². The molecule has 360 valence electrons. The van der Waals surface area contributed by atoms with E-state index in [2.05, 4.69) is 93.7 Å². The predicted octanol–water partition coefficient (Wildman–Crippen LogP) is 16.4. The Labute approximate surface area is 401 Å². The third-order valence-electron chi connectivity index (χ3n) is 9.13. The summed E-state index contributed by atoms with van der Waals surface area (Å²) in [4.78, 5) is 37.9.